The zero-order valence-electron chi connectivity index (χ0n) is 20.3. The van der Waals surface area contributed by atoms with Crippen molar-refractivity contribution in [3.63, 3.8) is 0 Å². The summed E-state index contributed by atoms with van der Waals surface area (Å²) >= 11 is 0. The van der Waals surface area contributed by atoms with Crippen LogP contribution in [0, 0.1) is 0 Å². The number of hydrogen-bond acceptors (Lipinski definition) is 6. The Kier molecular flexibility index (Phi) is 8.32. The van der Waals surface area contributed by atoms with Crippen LogP contribution >= 0.6 is 0 Å². The highest BCUT2D eigenvalue weighted by molar-refractivity contribution is 5.89. The third-order valence-electron chi connectivity index (χ3n) is 5.19. The van der Waals surface area contributed by atoms with Gasteiger partial charge in [0.25, 0.3) is 5.91 Å². The van der Waals surface area contributed by atoms with Crippen LogP contribution in [0.4, 0.5) is 0 Å². The fourth-order valence-corrected chi connectivity index (χ4v) is 3.37. The number of hydrazone groups is 1. The van der Waals surface area contributed by atoms with E-state index in [1.807, 2.05) is 60.8 Å². The van der Waals surface area contributed by atoms with E-state index in [2.05, 4.69) is 17.5 Å². The predicted octanol–water partition coefficient (Wildman–Crippen LogP) is 4.87. The molecule has 0 aliphatic heterocycles. The number of ether oxygens (including phenoxy) is 3. The van der Waals surface area contributed by atoms with Crippen LogP contribution in [0.1, 0.15) is 18.9 Å². The molecular weight excluding hydrogens is 456 g/mol. The molecular formula is C28H28N4O4. The number of rotatable bonds is 11. The van der Waals surface area contributed by atoms with E-state index in [1.165, 1.54) is 0 Å². The highest BCUT2D eigenvalue weighted by Crippen LogP contribution is 2.25. The van der Waals surface area contributed by atoms with Gasteiger partial charge in [-0.1, -0.05) is 25.1 Å². The molecule has 4 aromatic rings. The number of para-hydroxylation sites is 1. The molecule has 0 atom stereocenters. The summed E-state index contributed by atoms with van der Waals surface area (Å²) in [6, 6.07) is 24.6. The topological polar surface area (TPSA) is 87.0 Å². The second-order valence-corrected chi connectivity index (χ2v) is 7.84. The molecule has 0 bridgehead atoms. The molecule has 1 heterocycles. The first-order chi connectivity index (χ1) is 17.7. The third-order valence-corrected chi connectivity index (χ3v) is 5.19. The summed E-state index contributed by atoms with van der Waals surface area (Å²) in [5.74, 6) is 1.71. The van der Waals surface area contributed by atoms with E-state index in [9.17, 15) is 4.79 Å². The van der Waals surface area contributed by atoms with Gasteiger partial charge in [0.1, 0.15) is 22.9 Å². The summed E-state index contributed by atoms with van der Waals surface area (Å²) in [4.78, 5) is 12.2. The van der Waals surface area contributed by atoms with Gasteiger partial charge in [-0.05, 0) is 67.1 Å². The quantitative estimate of drug-likeness (QED) is 0.243. The zero-order valence-corrected chi connectivity index (χ0v) is 20.3. The lowest BCUT2D eigenvalue weighted by atomic mass is 10.1. The number of nitrogens with zero attached hydrogens (tertiary/aromatic N) is 3. The summed E-state index contributed by atoms with van der Waals surface area (Å²) < 4.78 is 18.1. The van der Waals surface area contributed by atoms with E-state index < -0.39 is 0 Å². The molecule has 8 heteroatoms. The zero-order chi connectivity index (χ0) is 25.2. The first-order valence-corrected chi connectivity index (χ1v) is 11.6. The van der Waals surface area contributed by atoms with Crippen molar-refractivity contribution in [2.75, 3.05) is 20.3 Å². The van der Waals surface area contributed by atoms with E-state index in [0.29, 0.717) is 18.1 Å². The summed E-state index contributed by atoms with van der Waals surface area (Å²) in [5, 5.41) is 8.90. The molecule has 0 aliphatic carbocycles. The minimum atomic E-state index is -0.378. The van der Waals surface area contributed by atoms with Crippen LogP contribution in [0.15, 0.2) is 90.2 Å². The number of amides is 1. The van der Waals surface area contributed by atoms with E-state index in [4.69, 9.17) is 19.3 Å². The Hall–Kier alpha value is -4.59. The second-order valence-electron chi connectivity index (χ2n) is 7.84. The molecule has 3 aromatic carbocycles. The molecule has 0 spiro atoms. The first-order valence-electron chi connectivity index (χ1n) is 11.6. The van der Waals surface area contributed by atoms with Gasteiger partial charge in [0.15, 0.2) is 6.61 Å². The van der Waals surface area contributed by atoms with Crippen molar-refractivity contribution in [3.05, 3.63) is 90.6 Å². The number of carbonyl (C=O) groups is 1. The van der Waals surface area contributed by atoms with Crippen LogP contribution in [0.2, 0.25) is 0 Å². The molecule has 184 valence electrons. The van der Waals surface area contributed by atoms with Crippen LogP contribution in [0.3, 0.4) is 0 Å². The standard InChI is InChI=1S/C28H28N4O4/c1-3-17-35-25-11-9-21(10-12-25)28-22(19-32(31-28)23-7-5-4-6-8-23)18-29-30-27(33)20-36-26-15-13-24(34-2)14-16-26/h4-16,18-19H,3,17,20H2,1-2H3,(H,30,33)/b29-18+. The summed E-state index contributed by atoms with van der Waals surface area (Å²) in [6.45, 7) is 2.57. The number of aromatic nitrogens is 2. The van der Waals surface area contributed by atoms with Gasteiger partial charge < -0.3 is 14.2 Å². The van der Waals surface area contributed by atoms with Gasteiger partial charge in [0, 0.05) is 17.3 Å². The molecule has 0 unspecified atom stereocenters. The van der Waals surface area contributed by atoms with Gasteiger partial charge >= 0.3 is 0 Å². The minimum absolute atomic E-state index is 0.168. The third kappa shape index (κ3) is 6.50. The molecule has 1 aromatic heterocycles. The fourth-order valence-electron chi connectivity index (χ4n) is 3.37. The maximum absolute atomic E-state index is 12.2. The highest BCUT2D eigenvalue weighted by Gasteiger charge is 2.12. The number of hydrogen-bond donors (Lipinski definition) is 1. The van der Waals surface area contributed by atoms with Crippen molar-refractivity contribution in [2.24, 2.45) is 5.10 Å². The van der Waals surface area contributed by atoms with Crippen molar-refractivity contribution in [1.29, 1.82) is 0 Å². The monoisotopic (exact) mass is 484 g/mol. The van der Waals surface area contributed by atoms with E-state index in [1.54, 1.807) is 42.3 Å². The molecule has 36 heavy (non-hydrogen) atoms. The van der Waals surface area contributed by atoms with Crippen molar-refractivity contribution in [1.82, 2.24) is 15.2 Å². The van der Waals surface area contributed by atoms with Crippen molar-refractivity contribution >= 4 is 12.1 Å². The van der Waals surface area contributed by atoms with Gasteiger partial charge in [-0.3, -0.25) is 4.79 Å². The Balaban J connectivity index is 1.47. The van der Waals surface area contributed by atoms with Crippen LogP contribution in [-0.4, -0.2) is 42.2 Å². The maximum atomic E-state index is 12.2. The number of methoxy groups -OCH3 is 1. The first kappa shape index (κ1) is 24.5. The number of benzene rings is 3. The molecule has 8 nitrogen and oxygen atoms in total. The Morgan fingerprint density at radius 2 is 1.61 bits per heavy atom. The average Bonchev–Trinajstić information content (AvgIpc) is 3.36. The lowest BCUT2D eigenvalue weighted by molar-refractivity contribution is -0.123. The van der Waals surface area contributed by atoms with Crippen molar-refractivity contribution in [3.8, 4) is 34.2 Å². The van der Waals surface area contributed by atoms with Crippen LogP contribution < -0.4 is 19.6 Å². The molecule has 4 rings (SSSR count). The van der Waals surface area contributed by atoms with Crippen LogP contribution in [0.25, 0.3) is 16.9 Å². The molecule has 0 saturated carbocycles. The lowest BCUT2D eigenvalue weighted by Crippen LogP contribution is -2.24. The van der Waals surface area contributed by atoms with Gasteiger partial charge in [0.2, 0.25) is 0 Å². The molecule has 0 radical (unpaired) electrons. The normalized spacial score (nSPS) is 10.8. The van der Waals surface area contributed by atoms with Gasteiger partial charge in [-0.25, -0.2) is 10.1 Å². The Labute approximate surface area is 210 Å². The van der Waals surface area contributed by atoms with E-state index in [-0.39, 0.29) is 12.5 Å². The van der Waals surface area contributed by atoms with Gasteiger partial charge in [-0.15, -0.1) is 0 Å². The predicted molar refractivity (Wildman–Crippen MR) is 139 cm³/mol. The molecule has 0 aliphatic rings. The van der Waals surface area contributed by atoms with Crippen molar-refractivity contribution in [2.45, 2.75) is 13.3 Å². The smallest absolute Gasteiger partial charge is 0.277 e. The summed E-state index contributed by atoms with van der Waals surface area (Å²) in [6.07, 6.45) is 4.39. The van der Waals surface area contributed by atoms with Crippen molar-refractivity contribution < 1.29 is 19.0 Å². The van der Waals surface area contributed by atoms with Gasteiger partial charge in [-0.2, -0.15) is 10.2 Å². The lowest BCUT2D eigenvalue weighted by Gasteiger charge is -2.06. The van der Waals surface area contributed by atoms with Crippen LogP contribution in [0.5, 0.6) is 17.2 Å². The van der Waals surface area contributed by atoms with Crippen LogP contribution in [-0.2, 0) is 4.79 Å². The summed E-state index contributed by atoms with van der Waals surface area (Å²) in [7, 11) is 1.59. The van der Waals surface area contributed by atoms with Gasteiger partial charge in [0.05, 0.1) is 25.6 Å². The molecule has 1 N–H and O–H groups in total. The maximum Gasteiger partial charge on any atom is 0.277 e. The van der Waals surface area contributed by atoms with E-state index in [0.717, 1.165) is 34.7 Å². The molecule has 0 saturated heterocycles. The number of carbonyl (C=O) groups excluding carboxylic acids is 1. The van der Waals surface area contributed by atoms with E-state index >= 15 is 0 Å². The largest absolute Gasteiger partial charge is 0.497 e. The Morgan fingerprint density at radius 1 is 0.944 bits per heavy atom. The fraction of sp³-hybridized carbons (Fsp3) is 0.179. The highest BCUT2D eigenvalue weighted by atomic mass is 16.5. The minimum Gasteiger partial charge on any atom is -0.497 e. The second kappa shape index (κ2) is 12.2. The average molecular weight is 485 g/mol. The molecule has 0 fully saturated rings. The Morgan fingerprint density at radius 3 is 2.31 bits per heavy atom. The number of nitrogens with one attached hydrogen (secondary N) is 1. The Bertz CT molecular complexity index is 1280. The molecule has 1 amide bonds. The summed E-state index contributed by atoms with van der Waals surface area (Å²) in [5.41, 5.74) is 5.81. The SMILES string of the molecule is CCCOc1ccc(-c2nn(-c3ccccc3)cc2/C=N/NC(=O)COc2ccc(OC)cc2)cc1.